The molecule has 0 radical (unpaired) electrons. The van der Waals surface area contributed by atoms with E-state index in [2.05, 4.69) is 109 Å². The molecule has 4 aromatic carbocycles. The van der Waals surface area contributed by atoms with Crippen molar-refractivity contribution in [3.8, 4) is 11.1 Å². The lowest BCUT2D eigenvalue weighted by molar-refractivity contribution is 1.21. The molecule has 1 heteroatoms. The first-order valence-corrected chi connectivity index (χ1v) is 8.79. The third-order valence-corrected chi connectivity index (χ3v) is 4.17. The Morgan fingerprint density at radius 3 is 0.962 bits per heavy atom. The minimum absolute atomic E-state index is 1.21. The third-order valence-electron chi connectivity index (χ3n) is 4.17. The van der Waals surface area contributed by atoms with Crippen LogP contribution in [0.2, 0.25) is 0 Å². The van der Waals surface area contributed by atoms with Crippen molar-refractivity contribution in [2.75, 3.05) is 11.9 Å². The van der Waals surface area contributed by atoms with Crippen LogP contribution in [0.5, 0.6) is 0 Å². The van der Waals surface area contributed by atoms with Crippen molar-refractivity contribution in [1.29, 1.82) is 0 Å². The maximum atomic E-state index is 2.17. The monoisotopic (exact) mass is 337 g/mol. The molecule has 0 unspecified atom stereocenters. The molecule has 0 amide bonds. The van der Waals surface area contributed by atoms with Gasteiger partial charge in [-0.2, -0.15) is 0 Å². The molecule has 1 nitrogen and oxygen atoms in total. The van der Waals surface area contributed by atoms with Gasteiger partial charge in [0.2, 0.25) is 0 Å². The molecule has 0 aliphatic rings. The Hall–Kier alpha value is -3.32. The van der Waals surface area contributed by atoms with Gasteiger partial charge in [0, 0.05) is 18.4 Å². The van der Waals surface area contributed by atoms with E-state index in [-0.39, 0.29) is 0 Å². The summed E-state index contributed by atoms with van der Waals surface area (Å²) in [6, 6.07) is 41.5. The van der Waals surface area contributed by atoms with E-state index in [0.717, 1.165) is 0 Å². The first-order chi connectivity index (χ1) is 12.8. The number of hydrogen-bond donors (Lipinski definition) is 0. The van der Waals surface area contributed by atoms with E-state index in [9.17, 15) is 0 Å². The highest BCUT2D eigenvalue weighted by Crippen LogP contribution is 2.22. The molecular formula is C25H23N. The maximum Gasteiger partial charge on any atom is 0.0408 e. The molecule has 0 spiro atoms. The molecule has 4 aromatic rings. The Morgan fingerprint density at radius 2 is 0.654 bits per heavy atom. The van der Waals surface area contributed by atoms with Gasteiger partial charge in [0.05, 0.1) is 0 Å². The maximum absolute atomic E-state index is 2.17. The minimum Gasteiger partial charge on any atom is -0.345 e. The highest BCUT2D eigenvalue weighted by molar-refractivity contribution is 5.63. The molecule has 0 heterocycles. The number of benzene rings is 4. The largest absolute Gasteiger partial charge is 0.345 e. The highest BCUT2D eigenvalue weighted by atomic mass is 15.1. The lowest BCUT2D eigenvalue weighted by Crippen LogP contribution is -2.08. The summed E-state index contributed by atoms with van der Waals surface area (Å²) in [6.07, 6.45) is 0. The summed E-state index contributed by atoms with van der Waals surface area (Å²) in [4.78, 5) is 2.17. The number of hydrogen-bond acceptors (Lipinski definition) is 1. The van der Waals surface area contributed by atoms with Crippen LogP contribution < -0.4 is 4.90 Å². The Balaban J connectivity index is 0.000000152. The van der Waals surface area contributed by atoms with E-state index in [1.807, 2.05) is 24.3 Å². The smallest absolute Gasteiger partial charge is 0.0408 e. The van der Waals surface area contributed by atoms with Gasteiger partial charge < -0.3 is 4.90 Å². The molecule has 26 heavy (non-hydrogen) atoms. The summed E-state index contributed by atoms with van der Waals surface area (Å²) in [6.45, 7) is 0. The normalized spacial score (nSPS) is 9.73. The molecule has 0 fully saturated rings. The first kappa shape index (κ1) is 17.5. The van der Waals surface area contributed by atoms with Crippen LogP contribution in [0, 0.1) is 0 Å². The van der Waals surface area contributed by atoms with E-state index < -0.39 is 0 Å². The average molecular weight is 337 g/mol. The Morgan fingerprint density at radius 1 is 0.385 bits per heavy atom. The fourth-order valence-electron chi connectivity index (χ4n) is 2.71. The second kappa shape index (κ2) is 9.24. The Kier molecular flexibility index (Phi) is 6.22. The van der Waals surface area contributed by atoms with Crippen molar-refractivity contribution >= 4 is 11.4 Å². The third kappa shape index (κ3) is 4.84. The van der Waals surface area contributed by atoms with Gasteiger partial charge in [-0.25, -0.2) is 0 Å². The summed E-state index contributed by atoms with van der Waals surface area (Å²) >= 11 is 0. The summed E-state index contributed by atoms with van der Waals surface area (Å²) in [5.74, 6) is 0. The van der Waals surface area contributed by atoms with Gasteiger partial charge in [-0.15, -0.1) is 0 Å². The van der Waals surface area contributed by atoms with Crippen LogP contribution in [0.15, 0.2) is 121 Å². The molecule has 0 aliphatic heterocycles. The SMILES string of the molecule is CN(c1ccccc1)c1ccccc1.c1ccc(-c2ccccc2)cc1. The lowest BCUT2D eigenvalue weighted by Gasteiger charge is -2.18. The standard InChI is InChI=1S/C13H13N.C12H10/c1-14(12-8-4-2-5-9-12)13-10-6-3-7-11-13;1-3-7-11(8-4-1)12-9-5-2-6-10-12/h2-11H,1H3;1-10H. The highest BCUT2D eigenvalue weighted by Gasteiger charge is 2.00. The minimum atomic E-state index is 1.21. The Labute approximate surface area is 156 Å². The summed E-state index contributed by atoms with van der Waals surface area (Å²) in [7, 11) is 2.07. The molecule has 0 saturated heterocycles. The molecule has 0 aliphatic carbocycles. The van der Waals surface area contributed by atoms with E-state index in [1.165, 1.54) is 22.5 Å². The number of anilines is 2. The predicted octanol–water partition coefficient (Wildman–Crippen LogP) is 6.81. The zero-order chi connectivity index (χ0) is 18.0. The fraction of sp³-hybridized carbons (Fsp3) is 0.0400. The van der Waals surface area contributed by atoms with E-state index >= 15 is 0 Å². The predicted molar refractivity (Wildman–Crippen MR) is 113 cm³/mol. The van der Waals surface area contributed by atoms with Gasteiger partial charge in [-0.3, -0.25) is 0 Å². The average Bonchev–Trinajstić information content (AvgIpc) is 2.76. The molecule has 4 rings (SSSR count). The Bertz CT molecular complexity index is 795. The molecule has 0 N–H and O–H groups in total. The van der Waals surface area contributed by atoms with E-state index in [4.69, 9.17) is 0 Å². The molecule has 0 saturated carbocycles. The van der Waals surface area contributed by atoms with Crippen molar-refractivity contribution < 1.29 is 0 Å². The molecule has 0 atom stereocenters. The summed E-state index contributed by atoms with van der Waals surface area (Å²) in [5.41, 5.74) is 4.97. The number of nitrogens with zero attached hydrogens (tertiary/aromatic N) is 1. The van der Waals surface area contributed by atoms with Gasteiger partial charge >= 0.3 is 0 Å². The van der Waals surface area contributed by atoms with Crippen LogP contribution in [-0.2, 0) is 0 Å². The van der Waals surface area contributed by atoms with Crippen LogP contribution in [-0.4, -0.2) is 7.05 Å². The van der Waals surface area contributed by atoms with E-state index in [0.29, 0.717) is 0 Å². The molecule has 0 aromatic heterocycles. The fourth-order valence-corrected chi connectivity index (χ4v) is 2.71. The van der Waals surface area contributed by atoms with Crippen LogP contribution in [0.3, 0.4) is 0 Å². The van der Waals surface area contributed by atoms with Crippen molar-refractivity contribution in [1.82, 2.24) is 0 Å². The lowest BCUT2D eigenvalue weighted by atomic mass is 10.1. The molecule has 0 bridgehead atoms. The van der Waals surface area contributed by atoms with Crippen molar-refractivity contribution in [2.24, 2.45) is 0 Å². The van der Waals surface area contributed by atoms with E-state index in [1.54, 1.807) is 0 Å². The topological polar surface area (TPSA) is 3.24 Å². The zero-order valence-electron chi connectivity index (χ0n) is 15.0. The second-order valence-corrected chi connectivity index (χ2v) is 5.96. The first-order valence-electron chi connectivity index (χ1n) is 8.79. The van der Waals surface area contributed by atoms with Crippen molar-refractivity contribution in [2.45, 2.75) is 0 Å². The van der Waals surface area contributed by atoms with Crippen molar-refractivity contribution in [3.05, 3.63) is 121 Å². The van der Waals surface area contributed by atoms with Gasteiger partial charge in [0.15, 0.2) is 0 Å². The van der Waals surface area contributed by atoms with Crippen LogP contribution in [0.1, 0.15) is 0 Å². The number of para-hydroxylation sites is 2. The molecule has 128 valence electrons. The zero-order valence-corrected chi connectivity index (χ0v) is 15.0. The van der Waals surface area contributed by atoms with Gasteiger partial charge in [-0.1, -0.05) is 97.1 Å². The summed E-state index contributed by atoms with van der Waals surface area (Å²) in [5, 5.41) is 0. The van der Waals surface area contributed by atoms with Gasteiger partial charge in [0.1, 0.15) is 0 Å². The number of rotatable bonds is 3. The van der Waals surface area contributed by atoms with Crippen molar-refractivity contribution in [3.63, 3.8) is 0 Å². The van der Waals surface area contributed by atoms with Gasteiger partial charge in [0.25, 0.3) is 0 Å². The van der Waals surface area contributed by atoms with Gasteiger partial charge in [-0.05, 0) is 35.4 Å². The summed E-state index contributed by atoms with van der Waals surface area (Å²) < 4.78 is 0. The van der Waals surface area contributed by atoms with Crippen LogP contribution >= 0.6 is 0 Å². The second-order valence-electron chi connectivity index (χ2n) is 5.96. The quantitative estimate of drug-likeness (QED) is 0.397. The van der Waals surface area contributed by atoms with Crippen LogP contribution in [0.25, 0.3) is 11.1 Å². The van der Waals surface area contributed by atoms with Crippen LogP contribution in [0.4, 0.5) is 11.4 Å². The molecular weight excluding hydrogens is 314 g/mol.